The minimum atomic E-state index is 0.312. The van der Waals surface area contributed by atoms with E-state index in [4.69, 9.17) is 0 Å². The fourth-order valence-electron chi connectivity index (χ4n) is 3.38. The Morgan fingerprint density at radius 1 is 0.571 bits per heavy atom. The van der Waals surface area contributed by atoms with Gasteiger partial charge in [-0.1, -0.05) is 26.1 Å². The van der Waals surface area contributed by atoms with Crippen molar-refractivity contribution in [3.63, 3.8) is 0 Å². The van der Waals surface area contributed by atoms with Crippen molar-refractivity contribution in [2.45, 2.75) is 36.3 Å². The Hall–Kier alpha value is 0.455. The van der Waals surface area contributed by atoms with E-state index in [1.54, 1.807) is 0 Å². The Kier molecular flexibility index (Phi) is 3.60. The Morgan fingerprint density at radius 3 is 0.786 bits per heavy atom. The highest BCUT2D eigenvalue weighted by Crippen LogP contribution is 2.65. The Labute approximate surface area is 97.0 Å². The maximum absolute atomic E-state index is 2.44. The predicted octanol–water partition coefficient (Wildman–Crippen LogP) is -4.23. The third-order valence-corrected chi connectivity index (χ3v) is 4.50. The molecule has 0 aliphatic heterocycles. The summed E-state index contributed by atoms with van der Waals surface area (Å²) in [5.41, 5.74) is 0.323. The van der Waals surface area contributed by atoms with Gasteiger partial charge in [-0.15, -0.1) is 10.2 Å². The highest BCUT2D eigenvalue weighted by atomic mass is 14.4. The molecule has 0 nitrogen and oxygen atoms in total. The Bertz CT molecular complexity index is 168. The lowest BCUT2D eigenvalue weighted by atomic mass is 9.12. The Morgan fingerprint density at radius 2 is 0.786 bits per heavy atom. The lowest BCUT2D eigenvalue weighted by molar-refractivity contribution is 0.260. The van der Waals surface area contributed by atoms with Crippen LogP contribution in [0.2, 0.25) is 15.5 Å². The maximum atomic E-state index is 2.44. The second-order valence-electron chi connectivity index (χ2n) is 7.88. The van der Waals surface area contributed by atoms with Crippen LogP contribution in [-0.4, -0.2) is 54.9 Å². The minimum absolute atomic E-state index is 0.312. The van der Waals surface area contributed by atoms with Gasteiger partial charge in [0.2, 0.25) is 0 Å². The average Bonchev–Trinajstić information content (AvgIpc) is 1.77. The van der Waals surface area contributed by atoms with Gasteiger partial charge >= 0.3 is 0 Å². The van der Waals surface area contributed by atoms with E-state index < -0.39 is 0 Å². The first-order chi connectivity index (χ1) is 5.75. The molecule has 0 amide bonds. The van der Waals surface area contributed by atoms with Gasteiger partial charge in [-0.2, -0.15) is 0 Å². The fraction of sp³-hybridized carbons (Fsp3) is 1.00. The van der Waals surface area contributed by atoms with Crippen molar-refractivity contribution >= 4 is 54.9 Å². The predicted molar refractivity (Wildman–Crippen MR) is 87.3 cm³/mol. The van der Waals surface area contributed by atoms with Gasteiger partial charge in [-0.05, 0) is 5.41 Å². The molecule has 7 heteroatoms. The van der Waals surface area contributed by atoms with Crippen molar-refractivity contribution < 1.29 is 0 Å². The minimum Gasteiger partial charge on any atom is -0.114 e. The summed E-state index contributed by atoms with van der Waals surface area (Å²) >= 11 is 0. The molecule has 0 bridgehead atoms. The zero-order valence-electron chi connectivity index (χ0n) is 12.0. The second kappa shape index (κ2) is 3.49. The van der Waals surface area contributed by atoms with Crippen LogP contribution in [0, 0.1) is 5.41 Å². The molecule has 72 valence electrons. The van der Waals surface area contributed by atoms with Gasteiger partial charge < -0.3 is 0 Å². The normalized spacial score (nSPS) is 15.4. The first-order valence-corrected chi connectivity index (χ1v) is 5.75. The van der Waals surface area contributed by atoms with Crippen LogP contribution in [0.25, 0.3) is 0 Å². The largest absolute Gasteiger partial charge is 0.114 e. The SMILES string of the molecule is BC(B)(B)C(B)(C(B)(B)B)C(C)(C)C. The van der Waals surface area contributed by atoms with Crippen LogP contribution in [0.3, 0.4) is 0 Å². The van der Waals surface area contributed by atoms with E-state index in [9.17, 15) is 0 Å². The van der Waals surface area contributed by atoms with Gasteiger partial charge in [0, 0.05) is 0 Å². The van der Waals surface area contributed by atoms with Crippen LogP contribution in [0.15, 0.2) is 0 Å². The molecule has 0 radical (unpaired) electrons. The topological polar surface area (TPSA) is 0 Å². The van der Waals surface area contributed by atoms with Crippen molar-refractivity contribution in [1.82, 2.24) is 0 Å². The Balaban J connectivity index is 5.54. The van der Waals surface area contributed by atoms with E-state index in [1.807, 2.05) is 0 Å². The van der Waals surface area contributed by atoms with Crippen LogP contribution >= 0.6 is 0 Å². The van der Waals surface area contributed by atoms with Crippen LogP contribution < -0.4 is 0 Å². The first kappa shape index (κ1) is 14.5. The lowest BCUT2D eigenvalue weighted by Gasteiger charge is -2.61. The summed E-state index contributed by atoms with van der Waals surface area (Å²) in [6, 6.07) is 0. The average molecular weight is 183 g/mol. The standard InChI is InChI=1S/C7H23B7/c1-4(2,3)5(8,6(9,10)11)7(12,13)14/h8-14H2,1-3H3. The molecule has 0 fully saturated rings. The smallest absolute Gasteiger partial charge is 0.106 e. The van der Waals surface area contributed by atoms with E-state index in [2.05, 4.69) is 75.7 Å². The molecule has 0 N–H and O–H groups in total. The van der Waals surface area contributed by atoms with Crippen molar-refractivity contribution in [2.24, 2.45) is 5.41 Å². The summed E-state index contributed by atoms with van der Waals surface area (Å²) in [7, 11) is 16.6. The fourth-order valence-corrected chi connectivity index (χ4v) is 3.38. The molecule has 0 heterocycles. The maximum Gasteiger partial charge on any atom is 0.106 e. The van der Waals surface area contributed by atoms with Gasteiger partial charge in [-0.3, -0.25) is 0 Å². The van der Waals surface area contributed by atoms with E-state index in [1.165, 1.54) is 0 Å². The molecule has 0 saturated carbocycles. The van der Waals surface area contributed by atoms with Crippen molar-refractivity contribution in [2.75, 3.05) is 0 Å². The van der Waals surface area contributed by atoms with Crippen molar-refractivity contribution in [3.8, 4) is 0 Å². The van der Waals surface area contributed by atoms with Crippen molar-refractivity contribution in [1.29, 1.82) is 0 Å². The van der Waals surface area contributed by atoms with Crippen molar-refractivity contribution in [3.05, 3.63) is 0 Å². The van der Waals surface area contributed by atoms with E-state index in [0.29, 0.717) is 21.0 Å². The third-order valence-electron chi connectivity index (χ3n) is 4.50. The molecule has 0 unspecified atom stereocenters. The van der Waals surface area contributed by atoms with Gasteiger partial charge in [0.05, 0.1) is 47.1 Å². The van der Waals surface area contributed by atoms with Gasteiger partial charge in [0.1, 0.15) is 7.85 Å². The van der Waals surface area contributed by atoms with Crippen LogP contribution in [0.1, 0.15) is 20.8 Å². The third kappa shape index (κ3) is 2.17. The van der Waals surface area contributed by atoms with Crippen LogP contribution in [0.5, 0.6) is 0 Å². The van der Waals surface area contributed by atoms with E-state index >= 15 is 0 Å². The zero-order valence-corrected chi connectivity index (χ0v) is 12.0. The molecule has 0 spiro atoms. The summed E-state index contributed by atoms with van der Waals surface area (Å²) in [5.74, 6) is 0. The summed E-state index contributed by atoms with van der Waals surface area (Å²) in [4.78, 5) is 0. The molecule has 0 aromatic heterocycles. The summed E-state index contributed by atoms with van der Waals surface area (Å²) in [6.07, 6.45) is 0. The quantitative estimate of drug-likeness (QED) is 0.380. The molecule has 0 aliphatic rings. The molecule has 0 aromatic rings. The molecule has 0 atom stereocenters. The van der Waals surface area contributed by atoms with Gasteiger partial charge in [0.15, 0.2) is 0 Å². The summed E-state index contributed by atoms with van der Waals surface area (Å²) in [5, 5.41) is 0.958. The first-order valence-electron chi connectivity index (χ1n) is 5.75. The molecule has 0 aliphatic carbocycles. The highest BCUT2D eigenvalue weighted by molar-refractivity contribution is 6.69. The highest BCUT2D eigenvalue weighted by Gasteiger charge is 2.51. The molecular weight excluding hydrogens is 160 g/mol. The zero-order chi connectivity index (χ0) is 12.0. The van der Waals surface area contributed by atoms with E-state index in [0.717, 1.165) is 0 Å². The summed E-state index contributed by atoms with van der Waals surface area (Å²) in [6.45, 7) is 7.09. The van der Waals surface area contributed by atoms with E-state index in [-0.39, 0.29) is 0 Å². The van der Waals surface area contributed by atoms with Crippen LogP contribution in [0.4, 0.5) is 0 Å². The number of hydrogen-bond donors (Lipinski definition) is 0. The molecule has 14 heavy (non-hydrogen) atoms. The monoisotopic (exact) mass is 184 g/mol. The second-order valence-corrected chi connectivity index (χ2v) is 7.88. The number of rotatable bonds is 2. The molecular formula is C7H23B7. The number of hydrogen-bond acceptors (Lipinski definition) is 0. The molecule has 0 aromatic carbocycles. The van der Waals surface area contributed by atoms with Gasteiger partial charge in [0.25, 0.3) is 0 Å². The summed E-state index contributed by atoms with van der Waals surface area (Å²) < 4.78 is 0. The lowest BCUT2D eigenvalue weighted by Crippen LogP contribution is -2.51. The van der Waals surface area contributed by atoms with Gasteiger partial charge in [-0.25, -0.2) is 0 Å². The van der Waals surface area contributed by atoms with Crippen LogP contribution in [-0.2, 0) is 0 Å². The molecule has 0 rings (SSSR count). The molecule has 0 saturated heterocycles.